The molecule has 0 saturated heterocycles. The summed E-state index contributed by atoms with van der Waals surface area (Å²) in [7, 11) is 0. The minimum absolute atomic E-state index is 0.159. The van der Waals surface area contributed by atoms with Crippen LogP contribution in [0.15, 0.2) is 12.1 Å². The second-order valence-electron chi connectivity index (χ2n) is 5.56. The highest BCUT2D eigenvalue weighted by atomic mass is 19.1. The Hall–Kier alpha value is -1.65. The maximum atomic E-state index is 13.7. The largest absolute Gasteiger partial charge is 0.369 e. The summed E-state index contributed by atoms with van der Waals surface area (Å²) in [4.78, 5) is 4.02. The molecule has 2 N–H and O–H groups in total. The van der Waals surface area contributed by atoms with E-state index < -0.39 is 11.6 Å². The van der Waals surface area contributed by atoms with Gasteiger partial charge in [-0.1, -0.05) is 13.3 Å². The number of nitrogen functional groups attached to an aromatic ring is 1. The number of aromatic nitrogens is 2. The second-order valence-corrected chi connectivity index (χ2v) is 5.56. The number of hydrogen-bond donors (Lipinski definition) is 1. The van der Waals surface area contributed by atoms with Crippen molar-refractivity contribution < 1.29 is 8.78 Å². The van der Waals surface area contributed by atoms with Crippen molar-refractivity contribution in [1.29, 1.82) is 0 Å². The number of halogens is 2. The third-order valence-electron chi connectivity index (χ3n) is 4.03. The lowest BCUT2D eigenvalue weighted by atomic mass is 10.0. The third-order valence-corrected chi connectivity index (χ3v) is 4.03. The number of rotatable bonds is 4. The van der Waals surface area contributed by atoms with Crippen molar-refractivity contribution in [2.75, 3.05) is 5.73 Å². The Bertz CT molecular complexity index is 629. The molecule has 0 spiro atoms. The van der Waals surface area contributed by atoms with Gasteiger partial charge in [0.25, 0.3) is 0 Å². The summed E-state index contributed by atoms with van der Waals surface area (Å²) in [6.07, 6.45) is 4.52. The van der Waals surface area contributed by atoms with Crippen LogP contribution in [0.2, 0.25) is 0 Å². The number of nitrogens with two attached hydrogens (primary N) is 1. The van der Waals surface area contributed by atoms with Crippen LogP contribution >= 0.6 is 0 Å². The number of hydrogen-bond acceptors (Lipinski definition) is 2. The summed E-state index contributed by atoms with van der Waals surface area (Å²) in [6.45, 7) is 2.85. The maximum absolute atomic E-state index is 13.7. The van der Waals surface area contributed by atoms with E-state index in [9.17, 15) is 8.78 Å². The molecule has 1 aliphatic carbocycles. The van der Waals surface area contributed by atoms with Gasteiger partial charge in [-0.25, -0.2) is 13.8 Å². The molecule has 0 bridgehead atoms. The topological polar surface area (TPSA) is 43.8 Å². The first kappa shape index (κ1) is 12.4. The number of fused-ring (bicyclic) bond motifs is 1. The molecule has 0 amide bonds. The van der Waals surface area contributed by atoms with E-state index in [1.807, 2.05) is 0 Å². The lowest BCUT2D eigenvalue weighted by molar-refractivity contribution is 0.396. The van der Waals surface area contributed by atoms with Crippen LogP contribution in [-0.2, 0) is 6.54 Å². The molecule has 0 unspecified atom stereocenters. The lowest BCUT2D eigenvalue weighted by Crippen LogP contribution is -2.13. The first-order chi connectivity index (χ1) is 9.04. The monoisotopic (exact) mass is 265 g/mol. The van der Waals surface area contributed by atoms with Gasteiger partial charge < -0.3 is 10.3 Å². The fourth-order valence-electron chi connectivity index (χ4n) is 2.86. The van der Waals surface area contributed by atoms with Crippen LogP contribution in [0.4, 0.5) is 14.7 Å². The van der Waals surface area contributed by atoms with Gasteiger partial charge in [-0.3, -0.25) is 0 Å². The Labute approximate surface area is 110 Å². The zero-order chi connectivity index (χ0) is 13.6. The van der Waals surface area contributed by atoms with Crippen molar-refractivity contribution in [3.05, 3.63) is 23.8 Å². The van der Waals surface area contributed by atoms with Crippen LogP contribution in [-0.4, -0.2) is 9.55 Å². The van der Waals surface area contributed by atoms with E-state index in [1.165, 1.54) is 6.07 Å². The smallest absolute Gasteiger partial charge is 0.201 e. The molecule has 3 rings (SSSR count). The van der Waals surface area contributed by atoms with Crippen LogP contribution in [0.25, 0.3) is 11.0 Å². The van der Waals surface area contributed by atoms with E-state index in [0.29, 0.717) is 12.1 Å². The van der Waals surface area contributed by atoms with E-state index in [-0.39, 0.29) is 16.9 Å². The first-order valence-corrected chi connectivity index (χ1v) is 6.65. The van der Waals surface area contributed by atoms with E-state index in [4.69, 9.17) is 5.73 Å². The summed E-state index contributed by atoms with van der Waals surface area (Å²) in [5, 5.41) is 0. The van der Waals surface area contributed by atoms with Gasteiger partial charge in [0, 0.05) is 18.7 Å². The molecular weight excluding hydrogens is 248 g/mol. The van der Waals surface area contributed by atoms with Crippen LogP contribution in [0.3, 0.4) is 0 Å². The molecule has 1 aromatic carbocycles. The maximum Gasteiger partial charge on any atom is 0.201 e. The Balaban J connectivity index is 2.06. The van der Waals surface area contributed by atoms with Crippen LogP contribution in [0, 0.1) is 17.0 Å². The number of anilines is 1. The highest BCUT2D eigenvalue weighted by molar-refractivity contribution is 5.79. The molecule has 1 aliphatic rings. The molecule has 102 valence electrons. The normalized spacial score (nSPS) is 17.0. The second kappa shape index (κ2) is 4.18. The van der Waals surface area contributed by atoms with Crippen molar-refractivity contribution in [3.8, 4) is 0 Å². The molecule has 0 radical (unpaired) electrons. The van der Waals surface area contributed by atoms with E-state index in [2.05, 4.69) is 11.9 Å². The number of nitrogens with zero attached hydrogens (tertiary/aromatic N) is 2. The predicted octanol–water partition coefficient (Wildman–Crippen LogP) is 3.48. The molecule has 19 heavy (non-hydrogen) atoms. The molecule has 1 heterocycles. The van der Waals surface area contributed by atoms with Gasteiger partial charge in [0.1, 0.15) is 11.3 Å². The van der Waals surface area contributed by atoms with Crippen LogP contribution in [0.1, 0.15) is 32.6 Å². The van der Waals surface area contributed by atoms with Gasteiger partial charge in [-0.15, -0.1) is 0 Å². The van der Waals surface area contributed by atoms with Gasteiger partial charge in [0.05, 0.1) is 5.52 Å². The van der Waals surface area contributed by atoms with E-state index in [1.54, 1.807) is 4.57 Å². The van der Waals surface area contributed by atoms with Crippen LogP contribution < -0.4 is 5.73 Å². The van der Waals surface area contributed by atoms with E-state index in [0.717, 1.165) is 31.7 Å². The zero-order valence-electron chi connectivity index (χ0n) is 10.9. The SMILES string of the molecule is CCCC1(Cn2c(N)nc3c(F)cc(F)cc32)CC1. The highest BCUT2D eigenvalue weighted by Crippen LogP contribution is 2.51. The minimum Gasteiger partial charge on any atom is -0.369 e. The molecule has 1 aromatic heterocycles. The Morgan fingerprint density at radius 1 is 1.37 bits per heavy atom. The fraction of sp³-hybridized carbons (Fsp3) is 0.500. The van der Waals surface area contributed by atoms with E-state index >= 15 is 0 Å². The molecule has 2 aromatic rings. The summed E-state index contributed by atoms with van der Waals surface area (Å²) in [6, 6.07) is 2.15. The predicted molar refractivity (Wildman–Crippen MR) is 70.6 cm³/mol. The summed E-state index contributed by atoms with van der Waals surface area (Å²) < 4.78 is 28.8. The molecule has 3 nitrogen and oxygen atoms in total. The lowest BCUT2D eigenvalue weighted by Gasteiger charge is -2.16. The Kier molecular flexibility index (Phi) is 2.73. The Morgan fingerprint density at radius 3 is 2.74 bits per heavy atom. The molecular formula is C14H17F2N3. The summed E-state index contributed by atoms with van der Waals surface area (Å²) in [5.74, 6) is -0.978. The number of imidazole rings is 1. The van der Waals surface area contributed by atoms with Crippen molar-refractivity contribution in [3.63, 3.8) is 0 Å². The standard InChI is InChI=1S/C14H17F2N3/c1-2-3-14(4-5-14)8-19-11-7-9(15)6-10(16)12(11)18-13(19)17/h6-7H,2-5,8H2,1H3,(H2,17,18). The van der Waals surface area contributed by atoms with Gasteiger partial charge >= 0.3 is 0 Å². The fourth-order valence-corrected chi connectivity index (χ4v) is 2.86. The number of benzene rings is 1. The molecule has 1 saturated carbocycles. The quantitative estimate of drug-likeness (QED) is 0.919. The van der Waals surface area contributed by atoms with Gasteiger partial charge in [0.2, 0.25) is 5.95 Å². The minimum atomic E-state index is -0.652. The highest BCUT2D eigenvalue weighted by Gasteiger charge is 2.42. The first-order valence-electron chi connectivity index (χ1n) is 6.65. The average molecular weight is 265 g/mol. The average Bonchev–Trinajstić information content (AvgIpc) is 3.02. The third kappa shape index (κ3) is 2.07. The van der Waals surface area contributed by atoms with Gasteiger partial charge in [-0.2, -0.15) is 0 Å². The summed E-state index contributed by atoms with van der Waals surface area (Å²) >= 11 is 0. The molecule has 1 fully saturated rings. The van der Waals surface area contributed by atoms with Gasteiger partial charge in [-0.05, 0) is 24.7 Å². The van der Waals surface area contributed by atoms with Crippen molar-refractivity contribution in [1.82, 2.24) is 9.55 Å². The van der Waals surface area contributed by atoms with Crippen molar-refractivity contribution >= 4 is 17.0 Å². The molecule has 5 heteroatoms. The van der Waals surface area contributed by atoms with Crippen molar-refractivity contribution in [2.24, 2.45) is 5.41 Å². The molecule has 0 atom stereocenters. The summed E-state index contributed by atoms with van der Waals surface area (Å²) in [5.41, 5.74) is 6.73. The van der Waals surface area contributed by atoms with Crippen molar-refractivity contribution in [2.45, 2.75) is 39.2 Å². The van der Waals surface area contributed by atoms with Gasteiger partial charge in [0.15, 0.2) is 5.82 Å². The zero-order valence-corrected chi connectivity index (χ0v) is 10.9. The Morgan fingerprint density at radius 2 is 2.11 bits per heavy atom. The molecule has 0 aliphatic heterocycles. The van der Waals surface area contributed by atoms with Crippen LogP contribution in [0.5, 0.6) is 0 Å².